The highest BCUT2D eigenvalue weighted by molar-refractivity contribution is 8.00. The van der Waals surface area contributed by atoms with Crippen LogP contribution in [0.5, 0.6) is 5.75 Å². The number of nitrogens with two attached hydrogens (primary N) is 1. The van der Waals surface area contributed by atoms with E-state index < -0.39 is 5.82 Å². The van der Waals surface area contributed by atoms with Gasteiger partial charge in [-0.3, -0.25) is 5.41 Å². The largest absolute Gasteiger partial charge is 0.489 e. The molecule has 5 heteroatoms. The number of benzene rings is 2. The van der Waals surface area contributed by atoms with Gasteiger partial charge in [0.15, 0.2) is 11.6 Å². The fourth-order valence-corrected chi connectivity index (χ4v) is 3.53. The van der Waals surface area contributed by atoms with Crippen molar-refractivity contribution in [1.29, 1.82) is 5.41 Å². The maximum absolute atomic E-state index is 13.9. The molecule has 0 radical (unpaired) electrons. The Balaban J connectivity index is 1.63. The summed E-state index contributed by atoms with van der Waals surface area (Å²) in [6.45, 7) is 0.454. The first kappa shape index (κ1) is 13.9. The summed E-state index contributed by atoms with van der Waals surface area (Å²) in [4.78, 5) is 1.28. The van der Waals surface area contributed by atoms with Crippen LogP contribution in [0.3, 0.4) is 0 Å². The van der Waals surface area contributed by atoms with Crippen LogP contribution in [-0.4, -0.2) is 17.7 Å². The lowest BCUT2D eigenvalue weighted by atomic mass is 10.1. The van der Waals surface area contributed by atoms with E-state index in [4.69, 9.17) is 15.9 Å². The molecule has 1 aliphatic heterocycles. The molecule has 0 bridgehead atoms. The minimum Gasteiger partial charge on any atom is -0.489 e. The summed E-state index contributed by atoms with van der Waals surface area (Å²) in [5.74, 6) is -0.429. The van der Waals surface area contributed by atoms with Gasteiger partial charge in [0.1, 0.15) is 12.4 Å². The molecule has 1 aliphatic rings. The highest BCUT2D eigenvalue weighted by Gasteiger charge is 2.22. The predicted molar refractivity (Wildman–Crippen MR) is 82.7 cm³/mol. The van der Waals surface area contributed by atoms with Gasteiger partial charge in [-0.15, -0.1) is 11.8 Å². The summed E-state index contributed by atoms with van der Waals surface area (Å²) in [7, 11) is 0. The van der Waals surface area contributed by atoms with E-state index in [2.05, 4.69) is 12.1 Å². The number of amidine groups is 1. The molecule has 21 heavy (non-hydrogen) atoms. The molecule has 0 saturated heterocycles. The molecule has 0 fully saturated rings. The van der Waals surface area contributed by atoms with Gasteiger partial charge in [0, 0.05) is 15.7 Å². The Labute approximate surface area is 126 Å². The third kappa shape index (κ3) is 3.03. The van der Waals surface area contributed by atoms with Gasteiger partial charge < -0.3 is 10.5 Å². The molecule has 0 spiro atoms. The van der Waals surface area contributed by atoms with Gasteiger partial charge >= 0.3 is 0 Å². The van der Waals surface area contributed by atoms with E-state index in [-0.39, 0.29) is 11.6 Å². The lowest BCUT2D eigenvalue weighted by Crippen LogP contribution is -2.15. The van der Waals surface area contributed by atoms with Crippen LogP contribution in [0.1, 0.15) is 11.1 Å². The highest BCUT2D eigenvalue weighted by Crippen LogP contribution is 2.37. The molecule has 3 rings (SSSR count). The second kappa shape index (κ2) is 5.77. The zero-order chi connectivity index (χ0) is 14.8. The van der Waals surface area contributed by atoms with Crippen molar-refractivity contribution in [2.45, 2.75) is 16.6 Å². The summed E-state index contributed by atoms with van der Waals surface area (Å²) < 4.78 is 19.4. The second-order valence-corrected chi connectivity index (χ2v) is 6.26. The van der Waals surface area contributed by atoms with E-state index >= 15 is 0 Å². The van der Waals surface area contributed by atoms with Gasteiger partial charge in [-0.1, -0.05) is 18.2 Å². The maximum atomic E-state index is 13.9. The van der Waals surface area contributed by atoms with Gasteiger partial charge in [-0.05, 0) is 36.2 Å². The van der Waals surface area contributed by atoms with Gasteiger partial charge in [0.25, 0.3) is 0 Å². The lowest BCUT2D eigenvalue weighted by molar-refractivity contribution is 0.301. The van der Waals surface area contributed by atoms with Crippen LogP contribution in [0, 0.1) is 11.2 Å². The van der Waals surface area contributed by atoms with Crippen LogP contribution < -0.4 is 10.5 Å². The van der Waals surface area contributed by atoms with Crippen LogP contribution in [0.4, 0.5) is 4.39 Å². The number of rotatable bonds is 4. The van der Waals surface area contributed by atoms with Gasteiger partial charge in [0.2, 0.25) is 0 Å². The maximum Gasteiger partial charge on any atom is 0.165 e. The van der Waals surface area contributed by atoms with Gasteiger partial charge in [-0.2, -0.15) is 0 Å². The molecule has 2 aromatic carbocycles. The number of ether oxygens (including phenoxy) is 1. The van der Waals surface area contributed by atoms with Crippen molar-refractivity contribution in [1.82, 2.24) is 0 Å². The molecule has 2 aromatic rings. The predicted octanol–water partition coefficient (Wildman–Crippen LogP) is 3.21. The average molecular weight is 302 g/mol. The molecule has 3 N–H and O–H groups in total. The third-order valence-electron chi connectivity index (χ3n) is 3.38. The quantitative estimate of drug-likeness (QED) is 0.673. The zero-order valence-corrected chi connectivity index (χ0v) is 12.1. The Morgan fingerprint density at radius 2 is 2.14 bits per heavy atom. The normalized spacial score (nSPS) is 16.5. The average Bonchev–Trinajstić information content (AvgIpc) is 2.88. The molecule has 108 valence electrons. The lowest BCUT2D eigenvalue weighted by Gasteiger charge is -2.12. The molecule has 1 unspecified atom stereocenters. The molecule has 0 amide bonds. The fourth-order valence-electron chi connectivity index (χ4n) is 2.32. The first-order valence-electron chi connectivity index (χ1n) is 6.65. The van der Waals surface area contributed by atoms with E-state index in [9.17, 15) is 4.39 Å². The number of halogens is 1. The SMILES string of the molecule is N=C(N)c1ccc(OCC2Cc3ccccc3S2)c(F)c1. The van der Waals surface area contributed by atoms with Gasteiger partial charge in [-0.25, -0.2) is 4.39 Å². The summed E-state index contributed by atoms with van der Waals surface area (Å²) >= 11 is 1.77. The molecule has 0 saturated carbocycles. The number of nitrogen functional groups attached to an aromatic ring is 1. The van der Waals surface area contributed by atoms with Crippen molar-refractivity contribution >= 4 is 17.6 Å². The first-order valence-corrected chi connectivity index (χ1v) is 7.53. The van der Waals surface area contributed by atoms with Crippen LogP contribution in [0.15, 0.2) is 47.4 Å². The Hall–Kier alpha value is -2.01. The van der Waals surface area contributed by atoms with Gasteiger partial charge in [0.05, 0.1) is 0 Å². The van der Waals surface area contributed by atoms with E-state index in [1.165, 1.54) is 22.6 Å². The Kier molecular flexibility index (Phi) is 3.84. The van der Waals surface area contributed by atoms with Crippen molar-refractivity contribution in [3.63, 3.8) is 0 Å². The number of hydrogen-bond donors (Lipinski definition) is 2. The Bertz CT molecular complexity index is 665. The van der Waals surface area contributed by atoms with Crippen LogP contribution >= 0.6 is 11.8 Å². The number of thioether (sulfide) groups is 1. The van der Waals surface area contributed by atoms with E-state index in [1.54, 1.807) is 17.8 Å². The van der Waals surface area contributed by atoms with Crippen molar-refractivity contribution in [2.75, 3.05) is 6.61 Å². The second-order valence-electron chi connectivity index (χ2n) is 4.92. The molecular weight excluding hydrogens is 287 g/mol. The Morgan fingerprint density at radius 3 is 2.86 bits per heavy atom. The number of hydrogen-bond acceptors (Lipinski definition) is 3. The summed E-state index contributed by atoms with van der Waals surface area (Å²) in [5.41, 5.74) is 7.01. The molecular formula is C16H15FN2OS. The minimum atomic E-state index is -0.483. The number of nitrogens with one attached hydrogen (secondary N) is 1. The fraction of sp³-hybridized carbons (Fsp3) is 0.188. The number of fused-ring (bicyclic) bond motifs is 1. The van der Waals surface area contributed by atoms with Crippen LogP contribution in [0.25, 0.3) is 0 Å². The third-order valence-corrected chi connectivity index (χ3v) is 4.67. The summed E-state index contributed by atoms with van der Waals surface area (Å²) in [5, 5.41) is 7.58. The molecule has 3 nitrogen and oxygen atoms in total. The van der Waals surface area contributed by atoms with E-state index in [1.807, 2.05) is 12.1 Å². The van der Waals surface area contributed by atoms with Crippen molar-refractivity contribution in [2.24, 2.45) is 5.73 Å². The van der Waals surface area contributed by atoms with Crippen molar-refractivity contribution in [3.8, 4) is 5.75 Å². The van der Waals surface area contributed by atoms with Crippen molar-refractivity contribution in [3.05, 3.63) is 59.4 Å². The van der Waals surface area contributed by atoms with E-state index in [0.717, 1.165) is 6.42 Å². The van der Waals surface area contributed by atoms with E-state index in [0.29, 0.717) is 17.4 Å². The topological polar surface area (TPSA) is 59.1 Å². The Morgan fingerprint density at radius 1 is 1.33 bits per heavy atom. The summed E-state index contributed by atoms with van der Waals surface area (Å²) in [6, 6.07) is 12.6. The monoisotopic (exact) mass is 302 g/mol. The highest BCUT2D eigenvalue weighted by atomic mass is 32.2. The minimum absolute atomic E-state index is 0.151. The molecule has 0 aliphatic carbocycles. The smallest absolute Gasteiger partial charge is 0.165 e. The zero-order valence-electron chi connectivity index (χ0n) is 11.3. The molecule has 0 aromatic heterocycles. The first-order chi connectivity index (χ1) is 10.1. The van der Waals surface area contributed by atoms with Crippen LogP contribution in [0.2, 0.25) is 0 Å². The van der Waals surface area contributed by atoms with Crippen LogP contribution in [-0.2, 0) is 6.42 Å². The molecule has 1 atom stereocenters. The van der Waals surface area contributed by atoms with Crippen molar-refractivity contribution < 1.29 is 9.13 Å². The summed E-state index contributed by atoms with van der Waals surface area (Å²) in [6.07, 6.45) is 0.938. The standard InChI is InChI=1S/C16H15FN2OS/c17-13-8-11(16(18)19)5-6-14(13)20-9-12-7-10-3-1-2-4-15(10)21-12/h1-6,8,12H,7,9H2,(H3,18,19). The molecule has 1 heterocycles.